The zero-order chi connectivity index (χ0) is 14.4. The predicted octanol–water partition coefficient (Wildman–Crippen LogP) is 4.25. The van der Waals surface area contributed by atoms with Gasteiger partial charge in [0.2, 0.25) is 5.91 Å². The molecule has 3 nitrogen and oxygen atoms in total. The number of anilines is 1. The summed E-state index contributed by atoms with van der Waals surface area (Å²) in [6.07, 6.45) is 0. The van der Waals surface area contributed by atoms with Gasteiger partial charge >= 0.3 is 0 Å². The molecule has 1 amide bonds. The van der Waals surface area contributed by atoms with Gasteiger partial charge in [0.1, 0.15) is 11.1 Å². The van der Waals surface area contributed by atoms with Crippen molar-refractivity contribution < 1.29 is 4.79 Å². The van der Waals surface area contributed by atoms with Crippen molar-refractivity contribution in [3.8, 4) is 6.07 Å². The second kappa shape index (κ2) is 7.48. The third kappa shape index (κ3) is 4.37. The molecular formula is C14H11BrN2OS2. The van der Waals surface area contributed by atoms with Gasteiger partial charge in [-0.3, -0.25) is 4.79 Å². The molecule has 0 fully saturated rings. The minimum Gasteiger partial charge on any atom is -0.316 e. The Kier molecular flexibility index (Phi) is 5.65. The van der Waals surface area contributed by atoms with Crippen molar-refractivity contribution in [2.24, 2.45) is 0 Å². The summed E-state index contributed by atoms with van der Waals surface area (Å²) in [6, 6.07) is 11.8. The number of nitriles is 1. The van der Waals surface area contributed by atoms with E-state index in [0.717, 1.165) is 10.2 Å². The van der Waals surface area contributed by atoms with Crippen LogP contribution in [0.3, 0.4) is 0 Å². The summed E-state index contributed by atoms with van der Waals surface area (Å²) in [6.45, 7) is 0. The normalized spacial score (nSPS) is 10.0. The van der Waals surface area contributed by atoms with Gasteiger partial charge in [-0.2, -0.15) is 5.26 Å². The van der Waals surface area contributed by atoms with E-state index in [1.807, 2.05) is 24.3 Å². The van der Waals surface area contributed by atoms with Crippen molar-refractivity contribution in [1.29, 1.82) is 5.26 Å². The molecule has 0 bridgehead atoms. The molecular weight excluding hydrogens is 356 g/mol. The van der Waals surface area contributed by atoms with Crippen LogP contribution in [0.5, 0.6) is 0 Å². The Labute approximate surface area is 134 Å². The first-order valence-corrected chi connectivity index (χ1v) is 8.61. The lowest BCUT2D eigenvalue weighted by Crippen LogP contribution is -2.13. The van der Waals surface area contributed by atoms with Gasteiger partial charge in [0, 0.05) is 10.2 Å². The number of halogens is 1. The van der Waals surface area contributed by atoms with Crippen LogP contribution in [0.1, 0.15) is 11.1 Å². The van der Waals surface area contributed by atoms with Gasteiger partial charge in [-0.25, -0.2) is 0 Å². The number of hydrogen-bond donors (Lipinski definition) is 1. The summed E-state index contributed by atoms with van der Waals surface area (Å²) < 4.78 is 1.04. The molecule has 6 heteroatoms. The van der Waals surface area contributed by atoms with E-state index < -0.39 is 0 Å². The maximum atomic E-state index is 11.8. The molecule has 0 aliphatic carbocycles. The molecule has 2 rings (SSSR count). The van der Waals surface area contributed by atoms with E-state index in [1.54, 1.807) is 23.2 Å². The highest BCUT2D eigenvalue weighted by Gasteiger charge is 2.08. The summed E-state index contributed by atoms with van der Waals surface area (Å²) in [5, 5.41) is 14.1. The first-order valence-electron chi connectivity index (χ1n) is 5.78. The van der Waals surface area contributed by atoms with Crippen molar-refractivity contribution >= 4 is 49.9 Å². The number of benzene rings is 1. The van der Waals surface area contributed by atoms with Gasteiger partial charge in [-0.1, -0.05) is 28.1 Å². The molecule has 0 unspecified atom stereocenters. The summed E-state index contributed by atoms with van der Waals surface area (Å²) >= 11 is 6.33. The molecule has 1 N–H and O–H groups in total. The van der Waals surface area contributed by atoms with Crippen LogP contribution in [0, 0.1) is 11.3 Å². The first-order chi connectivity index (χ1) is 9.69. The van der Waals surface area contributed by atoms with Crippen molar-refractivity contribution in [3.05, 3.63) is 51.3 Å². The van der Waals surface area contributed by atoms with Gasteiger partial charge in [0.15, 0.2) is 0 Å². The molecule has 0 radical (unpaired) electrons. The zero-order valence-electron chi connectivity index (χ0n) is 10.4. The number of carbonyl (C=O) groups is 1. The fourth-order valence-electron chi connectivity index (χ4n) is 1.55. The third-order valence-corrected chi connectivity index (χ3v) is 4.76. The highest BCUT2D eigenvalue weighted by molar-refractivity contribution is 9.10. The molecule has 102 valence electrons. The Morgan fingerprint density at radius 3 is 3.05 bits per heavy atom. The third-order valence-electron chi connectivity index (χ3n) is 2.43. The number of rotatable bonds is 5. The molecule has 2 aromatic rings. The molecule has 0 aliphatic rings. The summed E-state index contributed by atoms with van der Waals surface area (Å²) in [5.74, 6) is 1.07. The van der Waals surface area contributed by atoms with Gasteiger partial charge in [-0.15, -0.1) is 23.1 Å². The maximum Gasteiger partial charge on any atom is 0.235 e. The highest BCUT2D eigenvalue weighted by atomic mass is 79.9. The zero-order valence-corrected chi connectivity index (χ0v) is 13.6. The van der Waals surface area contributed by atoms with E-state index in [9.17, 15) is 4.79 Å². The highest BCUT2D eigenvalue weighted by Crippen LogP contribution is 2.23. The first kappa shape index (κ1) is 15.1. The number of nitrogens with one attached hydrogen (secondary N) is 1. The molecule has 0 saturated heterocycles. The van der Waals surface area contributed by atoms with E-state index in [0.29, 0.717) is 16.3 Å². The fraction of sp³-hybridized carbons (Fsp3) is 0.143. The number of hydrogen-bond acceptors (Lipinski definition) is 4. The van der Waals surface area contributed by atoms with E-state index >= 15 is 0 Å². The van der Waals surface area contributed by atoms with Crippen molar-refractivity contribution in [2.45, 2.75) is 5.75 Å². The van der Waals surface area contributed by atoms with E-state index in [2.05, 4.69) is 27.3 Å². The number of thiophene rings is 1. The largest absolute Gasteiger partial charge is 0.316 e. The topological polar surface area (TPSA) is 52.9 Å². The molecule has 1 aromatic carbocycles. The van der Waals surface area contributed by atoms with Gasteiger partial charge < -0.3 is 5.32 Å². The van der Waals surface area contributed by atoms with Crippen LogP contribution >= 0.6 is 39.0 Å². The number of nitrogens with zero attached hydrogens (tertiary/aromatic N) is 1. The number of amides is 1. The van der Waals surface area contributed by atoms with Gasteiger partial charge in [0.25, 0.3) is 0 Å². The van der Waals surface area contributed by atoms with Gasteiger partial charge in [-0.05, 0) is 29.1 Å². The SMILES string of the molecule is N#Cc1ccsc1NC(=O)CSCc1cccc(Br)c1. The summed E-state index contributed by atoms with van der Waals surface area (Å²) in [4.78, 5) is 11.8. The molecule has 0 atom stereocenters. The summed E-state index contributed by atoms with van der Waals surface area (Å²) in [7, 11) is 0. The fourth-order valence-corrected chi connectivity index (χ4v) is 3.52. The molecule has 20 heavy (non-hydrogen) atoms. The molecule has 1 heterocycles. The van der Waals surface area contributed by atoms with Crippen LogP contribution in [0.4, 0.5) is 5.00 Å². The quantitative estimate of drug-likeness (QED) is 0.859. The lowest BCUT2D eigenvalue weighted by molar-refractivity contribution is -0.113. The predicted molar refractivity (Wildman–Crippen MR) is 88.0 cm³/mol. The molecule has 1 aromatic heterocycles. The standard InChI is InChI=1S/C14H11BrN2OS2/c15-12-3-1-2-10(6-12)8-19-9-13(18)17-14-11(7-16)4-5-20-14/h1-6H,8-9H2,(H,17,18). The average molecular weight is 367 g/mol. The Balaban J connectivity index is 1.80. The van der Waals surface area contributed by atoms with E-state index in [-0.39, 0.29) is 5.91 Å². The minimum atomic E-state index is -0.0797. The van der Waals surface area contributed by atoms with Crippen LogP contribution in [-0.2, 0) is 10.5 Å². The molecule has 0 saturated carbocycles. The van der Waals surface area contributed by atoms with Crippen LogP contribution in [0.25, 0.3) is 0 Å². The van der Waals surface area contributed by atoms with Crippen molar-refractivity contribution in [2.75, 3.05) is 11.1 Å². The van der Waals surface area contributed by atoms with E-state index in [4.69, 9.17) is 5.26 Å². The molecule has 0 aliphatic heterocycles. The van der Waals surface area contributed by atoms with Crippen molar-refractivity contribution in [1.82, 2.24) is 0 Å². The van der Waals surface area contributed by atoms with E-state index in [1.165, 1.54) is 16.9 Å². The Bertz CT molecular complexity index is 649. The average Bonchev–Trinajstić information content (AvgIpc) is 2.86. The van der Waals surface area contributed by atoms with Crippen LogP contribution in [0.15, 0.2) is 40.2 Å². The Morgan fingerprint density at radius 1 is 1.45 bits per heavy atom. The second-order valence-corrected chi connectivity index (χ2v) is 6.76. The van der Waals surface area contributed by atoms with Gasteiger partial charge in [0.05, 0.1) is 11.3 Å². The summed E-state index contributed by atoms with van der Waals surface area (Å²) in [5.41, 5.74) is 1.69. The Hall–Kier alpha value is -1.29. The van der Waals surface area contributed by atoms with Crippen LogP contribution < -0.4 is 5.32 Å². The lowest BCUT2D eigenvalue weighted by Gasteiger charge is -2.04. The second-order valence-electron chi connectivity index (χ2n) is 3.95. The Morgan fingerprint density at radius 2 is 2.30 bits per heavy atom. The maximum absolute atomic E-state index is 11.8. The monoisotopic (exact) mass is 366 g/mol. The van der Waals surface area contributed by atoms with Crippen molar-refractivity contribution in [3.63, 3.8) is 0 Å². The smallest absolute Gasteiger partial charge is 0.235 e. The molecule has 0 spiro atoms. The van der Waals surface area contributed by atoms with Crippen LogP contribution in [-0.4, -0.2) is 11.7 Å². The number of carbonyl (C=O) groups excluding carboxylic acids is 1. The lowest BCUT2D eigenvalue weighted by atomic mass is 10.2. The minimum absolute atomic E-state index is 0.0797. The number of thioether (sulfide) groups is 1. The van der Waals surface area contributed by atoms with Crippen LogP contribution in [0.2, 0.25) is 0 Å².